The molecule has 2 aromatic rings. The third kappa shape index (κ3) is 3.86. The van der Waals surface area contributed by atoms with E-state index < -0.39 is 0 Å². The number of carbonyl (C=O) groups excluding carboxylic acids is 1. The van der Waals surface area contributed by atoms with Crippen molar-refractivity contribution in [2.24, 2.45) is 0 Å². The number of amides is 1. The van der Waals surface area contributed by atoms with Crippen LogP contribution >= 0.6 is 12.6 Å². The molecular formula is C16H17NOS. The molecule has 0 atom stereocenters. The van der Waals surface area contributed by atoms with Crippen molar-refractivity contribution in [3.8, 4) is 0 Å². The first-order chi connectivity index (χ1) is 9.04. The minimum Gasteiger partial charge on any atom is -0.326 e. The third-order valence-corrected chi connectivity index (χ3v) is 3.27. The van der Waals surface area contributed by atoms with E-state index in [-0.39, 0.29) is 5.91 Å². The first kappa shape index (κ1) is 13.7. The van der Waals surface area contributed by atoms with Gasteiger partial charge in [0.05, 0.1) is 6.42 Å². The molecule has 0 saturated carbocycles. The number of nitrogens with one attached hydrogen (secondary N) is 1. The van der Waals surface area contributed by atoms with Crippen LogP contribution < -0.4 is 5.32 Å². The van der Waals surface area contributed by atoms with Crippen LogP contribution in [0.15, 0.2) is 47.4 Å². The maximum Gasteiger partial charge on any atom is 0.228 e. The molecule has 19 heavy (non-hydrogen) atoms. The van der Waals surface area contributed by atoms with Crippen molar-refractivity contribution in [1.82, 2.24) is 0 Å². The van der Waals surface area contributed by atoms with Gasteiger partial charge in [-0.3, -0.25) is 4.79 Å². The SMILES string of the molecule is Cc1ccc(C)c(NC(=O)Cc2ccc(S)cc2)c1. The topological polar surface area (TPSA) is 29.1 Å². The van der Waals surface area contributed by atoms with E-state index in [0.717, 1.165) is 27.3 Å². The number of benzene rings is 2. The van der Waals surface area contributed by atoms with E-state index in [2.05, 4.69) is 17.9 Å². The fourth-order valence-electron chi connectivity index (χ4n) is 1.86. The Labute approximate surface area is 119 Å². The van der Waals surface area contributed by atoms with E-state index in [1.807, 2.05) is 56.3 Å². The Morgan fingerprint density at radius 1 is 1.11 bits per heavy atom. The second-order valence-corrected chi connectivity index (χ2v) is 5.23. The van der Waals surface area contributed by atoms with E-state index in [1.165, 1.54) is 0 Å². The average Bonchev–Trinajstić information content (AvgIpc) is 2.37. The fourth-order valence-corrected chi connectivity index (χ4v) is 2.01. The fraction of sp³-hybridized carbons (Fsp3) is 0.188. The van der Waals surface area contributed by atoms with E-state index >= 15 is 0 Å². The highest BCUT2D eigenvalue weighted by atomic mass is 32.1. The molecule has 0 bridgehead atoms. The lowest BCUT2D eigenvalue weighted by Gasteiger charge is -2.09. The second-order valence-electron chi connectivity index (χ2n) is 4.71. The Balaban J connectivity index is 2.05. The van der Waals surface area contributed by atoms with Crippen molar-refractivity contribution in [3.63, 3.8) is 0 Å². The molecule has 0 aliphatic rings. The van der Waals surface area contributed by atoms with Gasteiger partial charge >= 0.3 is 0 Å². The molecule has 2 rings (SSSR count). The first-order valence-electron chi connectivity index (χ1n) is 6.19. The van der Waals surface area contributed by atoms with Gasteiger partial charge in [-0.1, -0.05) is 24.3 Å². The molecule has 2 aromatic carbocycles. The normalized spacial score (nSPS) is 10.3. The van der Waals surface area contributed by atoms with Crippen molar-refractivity contribution < 1.29 is 4.79 Å². The lowest BCUT2D eigenvalue weighted by atomic mass is 10.1. The number of anilines is 1. The van der Waals surface area contributed by atoms with Crippen LogP contribution in [0.2, 0.25) is 0 Å². The predicted molar refractivity (Wildman–Crippen MR) is 81.9 cm³/mol. The minimum absolute atomic E-state index is 0.000569. The Hall–Kier alpha value is -1.74. The lowest BCUT2D eigenvalue weighted by Crippen LogP contribution is -2.15. The second kappa shape index (κ2) is 5.93. The van der Waals surface area contributed by atoms with Gasteiger partial charge in [0.25, 0.3) is 0 Å². The van der Waals surface area contributed by atoms with Crippen LogP contribution in [0, 0.1) is 13.8 Å². The molecule has 0 unspecified atom stereocenters. The quantitative estimate of drug-likeness (QED) is 0.817. The van der Waals surface area contributed by atoms with Gasteiger partial charge in [-0.05, 0) is 48.7 Å². The highest BCUT2D eigenvalue weighted by Gasteiger charge is 2.06. The van der Waals surface area contributed by atoms with Gasteiger partial charge in [-0.2, -0.15) is 0 Å². The zero-order valence-electron chi connectivity index (χ0n) is 11.1. The Kier molecular flexibility index (Phi) is 4.27. The van der Waals surface area contributed by atoms with E-state index in [0.29, 0.717) is 6.42 Å². The molecule has 2 nitrogen and oxygen atoms in total. The number of hydrogen-bond donors (Lipinski definition) is 2. The van der Waals surface area contributed by atoms with E-state index in [4.69, 9.17) is 0 Å². The number of thiol groups is 1. The maximum atomic E-state index is 12.0. The summed E-state index contributed by atoms with van der Waals surface area (Å²) in [5, 5.41) is 2.96. The zero-order chi connectivity index (χ0) is 13.8. The Morgan fingerprint density at radius 3 is 2.47 bits per heavy atom. The van der Waals surface area contributed by atoms with Gasteiger partial charge in [0.2, 0.25) is 5.91 Å². The summed E-state index contributed by atoms with van der Waals surface area (Å²) in [6.45, 7) is 4.01. The van der Waals surface area contributed by atoms with Gasteiger partial charge in [0.1, 0.15) is 0 Å². The Morgan fingerprint density at radius 2 is 1.79 bits per heavy atom. The molecule has 98 valence electrons. The van der Waals surface area contributed by atoms with Gasteiger partial charge in [0.15, 0.2) is 0 Å². The largest absolute Gasteiger partial charge is 0.326 e. The summed E-state index contributed by atoms with van der Waals surface area (Å²) in [5.74, 6) is 0.000569. The number of rotatable bonds is 3. The molecule has 0 aromatic heterocycles. The van der Waals surface area contributed by atoms with Crippen molar-refractivity contribution in [2.45, 2.75) is 25.2 Å². The van der Waals surface area contributed by atoms with Gasteiger partial charge in [0, 0.05) is 10.6 Å². The van der Waals surface area contributed by atoms with Gasteiger partial charge in [-0.15, -0.1) is 12.6 Å². The smallest absolute Gasteiger partial charge is 0.228 e. The molecular weight excluding hydrogens is 254 g/mol. The summed E-state index contributed by atoms with van der Waals surface area (Å²) in [6, 6.07) is 13.7. The van der Waals surface area contributed by atoms with Crippen LogP contribution in [-0.2, 0) is 11.2 Å². The van der Waals surface area contributed by atoms with Crippen LogP contribution in [-0.4, -0.2) is 5.91 Å². The molecule has 0 aliphatic heterocycles. The minimum atomic E-state index is 0.000569. The third-order valence-electron chi connectivity index (χ3n) is 2.97. The molecule has 0 spiro atoms. The molecule has 3 heteroatoms. The standard InChI is InChI=1S/C16H17NOS/c1-11-3-4-12(2)15(9-11)17-16(18)10-13-5-7-14(19)8-6-13/h3-9,19H,10H2,1-2H3,(H,17,18). The van der Waals surface area contributed by atoms with Crippen LogP contribution in [0.25, 0.3) is 0 Å². The molecule has 1 N–H and O–H groups in total. The summed E-state index contributed by atoms with van der Waals surface area (Å²) in [7, 11) is 0. The number of hydrogen-bond acceptors (Lipinski definition) is 2. The van der Waals surface area contributed by atoms with Crippen molar-refractivity contribution in [2.75, 3.05) is 5.32 Å². The summed E-state index contributed by atoms with van der Waals surface area (Å²) in [4.78, 5) is 12.9. The highest BCUT2D eigenvalue weighted by molar-refractivity contribution is 7.80. The summed E-state index contributed by atoms with van der Waals surface area (Å²) in [6.07, 6.45) is 0.376. The van der Waals surface area contributed by atoms with Crippen LogP contribution in [0.5, 0.6) is 0 Å². The molecule has 0 fully saturated rings. The monoisotopic (exact) mass is 271 g/mol. The average molecular weight is 271 g/mol. The van der Waals surface area contributed by atoms with E-state index in [9.17, 15) is 4.79 Å². The molecule has 1 amide bonds. The lowest BCUT2D eigenvalue weighted by molar-refractivity contribution is -0.115. The number of carbonyl (C=O) groups is 1. The summed E-state index contributed by atoms with van der Waals surface area (Å²) in [5.41, 5.74) is 4.08. The molecule has 0 aliphatic carbocycles. The van der Waals surface area contributed by atoms with Gasteiger partial charge < -0.3 is 5.32 Å². The first-order valence-corrected chi connectivity index (χ1v) is 6.64. The van der Waals surface area contributed by atoms with Crippen LogP contribution in [0.4, 0.5) is 5.69 Å². The maximum absolute atomic E-state index is 12.0. The Bertz CT molecular complexity index is 590. The van der Waals surface area contributed by atoms with Crippen LogP contribution in [0.3, 0.4) is 0 Å². The summed E-state index contributed by atoms with van der Waals surface area (Å²) < 4.78 is 0. The van der Waals surface area contributed by atoms with Crippen molar-refractivity contribution in [1.29, 1.82) is 0 Å². The molecule has 0 heterocycles. The van der Waals surface area contributed by atoms with Crippen molar-refractivity contribution >= 4 is 24.2 Å². The molecule has 0 radical (unpaired) electrons. The molecule has 0 saturated heterocycles. The predicted octanol–water partition coefficient (Wildman–Crippen LogP) is 3.77. The van der Waals surface area contributed by atoms with Crippen LogP contribution in [0.1, 0.15) is 16.7 Å². The van der Waals surface area contributed by atoms with Crippen molar-refractivity contribution in [3.05, 3.63) is 59.2 Å². The highest BCUT2D eigenvalue weighted by Crippen LogP contribution is 2.17. The zero-order valence-corrected chi connectivity index (χ0v) is 12.0. The van der Waals surface area contributed by atoms with E-state index in [1.54, 1.807) is 0 Å². The number of aryl methyl sites for hydroxylation is 2. The summed E-state index contributed by atoms with van der Waals surface area (Å²) >= 11 is 4.23. The van der Waals surface area contributed by atoms with Gasteiger partial charge in [-0.25, -0.2) is 0 Å².